The van der Waals surface area contributed by atoms with Gasteiger partial charge in [-0.2, -0.15) is 0 Å². The van der Waals surface area contributed by atoms with Crippen LogP contribution < -0.4 is 15.5 Å². The summed E-state index contributed by atoms with van der Waals surface area (Å²) in [5.74, 6) is 0.520. The third kappa shape index (κ3) is 6.93. The summed E-state index contributed by atoms with van der Waals surface area (Å²) >= 11 is 0. The Balaban J connectivity index is 0.00000320. The molecule has 2 aliphatic rings. The van der Waals surface area contributed by atoms with E-state index in [1.165, 1.54) is 0 Å². The number of hydrogen-bond donors (Lipinski definition) is 2. The fraction of sp³-hybridized carbons (Fsp3) is 0.667. The Kier molecular flexibility index (Phi) is 10.1. The Bertz CT molecular complexity index is 692. The molecule has 0 radical (unpaired) electrons. The molecule has 0 aromatic heterocycles. The van der Waals surface area contributed by atoms with Crippen LogP contribution in [0, 0.1) is 5.82 Å². The molecular weight excluding hydrogens is 500 g/mol. The topological polar surface area (TPSA) is 61.4 Å². The largest absolute Gasteiger partial charge is 0.379 e. The summed E-state index contributed by atoms with van der Waals surface area (Å²) in [6.45, 7) is 11.9. The number of halogens is 2. The molecule has 0 aliphatic carbocycles. The first-order valence-corrected chi connectivity index (χ1v) is 10.4. The van der Waals surface area contributed by atoms with Gasteiger partial charge in [0, 0.05) is 51.9 Å². The number of hydrogen-bond acceptors (Lipinski definition) is 5. The second kappa shape index (κ2) is 12.0. The highest BCUT2D eigenvalue weighted by atomic mass is 127. The first kappa shape index (κ1) is 25.1. The number of rotatable bonds is 6. The minimum absolute atomic E-state index is 0. The molecule has 30 heavy (non-hydrogen) atoms. The van der Waals surface area contributed by atoms with Crippen molar-refractivity contribution in [3.05, 3.63) is 29.6 Å². The van der Waals surface area contributed by atoms with Crippen LogP contribution in [0.4, 0.5) is 10.1 Å². The molecule has 2 saturated heterocycles. The Morgan fingerprint density at radius 2 is 1.70 bits per heavy atom. The lowest BCUT2D eigenvalue weighted by Gasteiger charge is -2.41. The quantitative estimate of drug-likeness (QED) is 0.331. The first-order chi connectivity index (χ1) is 14.0. The lowest BCUT2D eigenvalue weighted by atomic mass is 10.0. The fourth-order valence-electron chi connectivity index (χ4n) is 3.71. The van der Waals surface area contributed by atoms with Crippen molar-refractivity contribution in [1.82, 2.24) is 15.5 Å². The van der Waals surface area contributed by atoms with E-state index in [4.69, 9.17) is 9.47 Å². The van der Waals surface area contributed by atoms with Gasteiger partial charge < -0.3 is 25.0 Å². The summed E-state index contributed by atoms with van der Waals surface area (Å²) in [5.41, 5.74) is 1.52. The van der Waals surface area contributed by atoms with Gasteiger partial charge in [0.05, 0.1) is 32.1 Å². The molecule has 7 nitrogen and oxygen atoms in total. The molecule has 0 atom stereocenters. The molecule has 0 bridgehead atoms. The van der Waals surface area contributed by atoms with Crippen LogP contribution in [-0.4, -0.2) is 82.6 Å². The average molecular weight is 535 g/mol. The summed E-state index contributed by atoms with van der Waals surface area (Å²) in [6, 6.07) is 5.42. The smallest absolute Gasteiger partial charge is 0.191 e. The van der Waals surface area contributed by atoms with E-state index >= 15 is 0 Å². The predicted octanol–water partition coefficient (Wildman–Crippen LogP) is 2.06. The van der Waals surface area contributed by atoms with Gasteiger partial charge in [0.1, 0.15) is 5.82 Å². The number of aliphatic imine (C=N–C) groups is 1. The van der Waals surface area contributed by atoms with Crippen LogP contribution in [0.15, 0.2) is 23.2 Å². The number of morpholine rings is 2. The van der Waals surface area contributed by atoms with Crippen molar-refractivity contribution < 1.29 is 13.9 Å². The van der Waals surface area contributed by atoms with E-state index in [1.807, 2.05) is 17.0 Å². The molecule has 0 unspecified atom stereocenters. The zero-order valence-corrected chi connectivity index (χ0v) is 20.6. The SMILES string of the molecule is CN=C(NCc1ccc(N2CCOCC2)c(F)c1)NCC(C)(C)N1CCOCC1.I. The number of ether oxygens (including phenoxy) is 2. The van der Waals surface area contributed by atoms with E-state index in [0.717, 1.165) is 51.5 Å². The van der Waals surface area contributed by atoms with E-state index in [2.05, 4.69) is 34.4 Å². The monoisotopic (exact) mass is 535 g/mol. The van der Waals surface area contributed by atoms with Crippen LogP contribution in [0.25, 0.3) is 0 Å². The molecule has 3 rings (SSSR count). The molecule has 1 aromatic rings. The van der Waals surface area contributed by atoms with E-state index < -0.39 is 0 Å². The average Bonchev–Trinajstić information content (AvgIpc) is 2.75. The molecule has 9 heteroatoms. The van der Waals surface area contributed by atoms with Crippen LogP contribution >= 0.6 is 24.0 Å². The van der Waals surface area contributed by atoms with Crippen molar-refractivity contribution in [2.45, 2.75) is 25.9 Å². The summed E-state index contributed by atoms with van der Waals surface area (Å²) < 4.78 is 25.4. The lowest BCUT2D eigenvalue weighted by molar-refractivity contribution is -0.00834. The van der Waals surface area contributed by atoms with Crippen LogP contribution in [0.5, 0.6) is 0 Å². The molecule has 2 heterocycles. The number of nitrogens with zero attached hydrogens (tertiary/aromatic N) is 3. The predicted molar refractivity (Wildman–Crippen MR) is 130 cm³/mol. The summed E-state index contributed by atoms with van der Waals surface area (Å²) in [4.78, 5) is 8.76. The van der Waals surface area contributed by atoms with Crippen molar-refractivity contribution >= 4 is 35.6 Å². The Labute approximate surface area is 196 Å². The standard InChI is InChI=1S/C21H34FN5O2.HI/c1-21(2,27-8-12-29-13-9-27)16-25-20(23-3)24-15-17-4-5-19(18(22)14-17)26-6-10-28-11-7-26;/h4-5,14H,6-13,15-16H2,1-3H3,(H2,23,24,25);1H. The highest BCUT2D eigenvalue weighted by Crippen LogP contribution is 2.21. The maximum atomic E-state index is 14.6. The van der Waals surface area contributed by atoms with Crippen LogP contribution in [0.3, 0.4) is 0 Å². The number of nitrogens with one attached hydrogen (secondary N) is 2. The third-order valence-corrected chi connectivity index (χ3v) is 5.60. The molecule has 170 valence electrons. The van der Waals surface area contributed by atoms with Crippen molar-refractivity contribution in [2.75, 3.05) is 71.1 Å². The molecule has 0 spiro atoms. The van der Waals surface area contributed by atoms with Crippen LogP contribution in [0.1, 0.15) is 19.4 Å². The number of anilines is 1. The maximum absolute atomic E-state index is 14.6. The number of benzene rings is 1. The summed E-state index contributed by atoms with van der Waals surface area (Å²) in [7, 11) is 1.75. The van der Waals surface area contributed by atoms with Gasteiger partial charge >= 0.3 is 0 Å². The van der Waals surface area contributed by atoms with Crippen molar-refractivity contribution in [3.8, 4) is 0 Å². The molecule has 2 fully saturated rings. The number of guanidine groups is 1. The second-order valence-electron chi connectivity index (χ2n) is 8.08. The lowest BCUT2D eigenvalue weighted by Crippen LogP contribution is -2.56. The van der Waals surface area contributed by atoms with Crippen molar-refractivity contribution in [2.24, 2.45) is 4.99 Å². The minimum atomic E-state index is -0.192. The molecule has 2 N–H and O–H groups in total. The minimum Gasteiger partial charge on any atom is -0.379 e. The molecular formula is C21H35FIN5O2. The van der Waals surface area contributed by atoms with Crippen LogP contribution in [-0.2, 0) is 16.0 Å². The first-order valence-electron chi connectivity index (χ1n) is 10.4. The molecule has 2 aliphatic heterocycles. The zero-order valence-electron chi connectivity index (χ0n) is 18.2. The van der Waals surface area contributed by atoms with Gasteiger partial charge in [0.15, 0.2) is 5.96 Å². The highest BCUT2D eigenvalue weighted by molar-refractivity contribution is 14.0. The van der Waals surface area contributed by atoms with Crippen molar-refractivity contribution in [3.63, 3.8) is 0 Å². The summed E-state index contributed by atoms with van der Waals surface area (Å²) in [6.07, 6.45) is 0. The van der Waals surface area contributed by atoms with Gasteiger partial charge in [0.25, 0.3) is 0 Å². The Morgan fingerprint density at radius 1 is 1.07 bits per heavy atom. The van der Waals surface area contributed by atoms with E-state index in [0.29, 0.717) is 31.4 Å². The third-order valence-electron chi connectivity index (χ3n) is 5.60. The summed E-state index contributed by atoms with van der Waals surface area (Å²) in [5, 5.41) is 6.68. The molecule has 0 saturated carbocycles. The highest BCUT2D eigenvalue weighted by Gasteiger charge is 2.28. The van der Waals surface area contributed by atoms with E-state index in [-0.39, 0.29) is 35.3 Å². The van der Waals surface area contributed by atoms with Gasteiger partial charge in [-0.3, -0.25) is 9.89 Å². The maximum Gasteiger partial charge on any atom is 0.191 e. The van der Waals surface area contributed by atoms with Gasteiger partial charge in [-0.1, -0.05) is 6.07 Å². The second-order valence-corrected chi connectivity index (χ2v) is 8.08. The van der Waals surface area contributed by atoms with E-state index in [9.17, 15) is 4.39 Å². The zero-order chi connectivity index (χ0) is 20.7. The van der Waals surface area contributed by atoms with Crippen LogP contribution in [0.2, 0.25) is 0 Å². The van der Waals surface area contributed by atoms with Gasteiger partial charge in [0.2, 0.25) is 0 Å². The fourth-order valence-corrected chi connectivity index (χ4v) is 3.71. The van der Waals surface area contributed by atoms with Gasteiger partial charge in [-0.05, 0) is 31.5 Å². The Morgan fingerprint density at radius 3 is 2.30 bits per heavy atom. The van der Waals surface area contributed by atoms with Crippen molar-refractivity contribution in [1.29, 1.82) is 0 Å². The molecule has 0 amide bonds. The van der Waals surface area contributed by atoms with Gasteiger partial charge in [-0.15, -0.1) is 24.0 Å². The molecule has 1 aromatic carbocycles. The van der Waals surface area contributed by atoms with Gasteiger partial charge in [-0.25, -0.2) is 4.39 Å². The normalized spacial score (nSPS) is 18.7. The van der Waals surface area contributed by atoms with E-state index in [1.54, 1.807) is 13.1 Å². The Hall–Kier alpha value is -1.17.